The number of benzene rings is 1. The van der Waals surface area contributed by atoms with E-state index in [1.54, 1.807) is 4.90 Å². The number of hydrogen-bond acceptors (Lipinski definition) is 2. The lowest BCUT2D eigenvalue weighted by Gasteiger charge is -2.33. The van der Waals surface area contributed by atoms with Gasteiger partial charge in [-0.3, -0.25) is 4.79 Å². The standard InChI is InChI=1S/C15H22N2O/c1-15(2,3)12-5-7-13(8-6-12)17-10-9-16(4)14(18)11-17/h5-8H,9-11H2,1-4H3. The molecule has 0 atom stereocenters. The number of piperazine rings is 1. The molecule has 0 saturated carbocycles. The summed E-state index contributed by atoms with van der Waals surface area (Å²) in [4.78, 5) is 15.6. The summed E-state index contributed by atoms with van der Waals surface area (Å²) in [5.74, 6) is 0.196. The van der Waals surface area contributed by atoms with Gasteiger partial charge in [-0.15, -0.1) is 0 Å². The molecule has 3 heteroatoms. The van der Waals surface area contributed by atoms with Crippen LogP contribution in [-0.4, -0.2) is 37.5 Å². The molecular formula is C15H22N2O. The van der Waals surface area contributed by atoms with Crippen LogP contribution in [0.25, 0.3) is 0 Å². The van der Waals surface area contributed by atoms with E-state index in [9.17, 15) is 4.79 Å². The fourth-order valence-corrected chi connectivity index (χ4v) is 2.15. The quantitative estimate of drug-likeness (QED) is 0.759. The van der Waals surface area contributed by atoms with E-state index in [-0.39, 0.29) is 11.3 Å². The van der Waals surface area contributed by atoms with Crippen LogP contribution in [0.4, 0.5) is 5.69 Å². The average molecular weight is 246 g/mol. The molecule has 1 fully saturated rings. The lowest BCUT2D eigenvalue weighted by Crippen LogP contribution is -2.48. The Morgan fingerprint density at radius 1 is 1.06 bits per heavy atom. The van der Waals surface area contributed by atoms with Gasteiger partial charge in [0.05, 0.1) is 6.54 Å². The molecule has 1 aromatic carbocycles. The maximum atomic E-state index is 11.7. The summed E-state index contributed by atoms with van der Waals surface area (Å²) < 4.78 is 0. The highest BCUT2D eigenvalue weighted by Gasteiger charge is 2.21. The molecule has 1 heterocycles. The van der Waals surface area contributed by atoms with Gasteiger partial charge in [0.15, 0.2) is 0 Å². The molecule has 2 rings (SSSR count). The van der Waals surface area contributed by atoms with E-state index in [2.05, 4.69) is 49.9 Å². The monoisotopic (exact) mass is 246 g/mol. The van der Waals surface area contributed by atoms with Crippen molar-refractivity contribution in [2.45, 2.75) is 26.2 Å². The van der Waals surface area contributed by atoms with Crippen molar-refractivity contribution in [3.8, 4) is 0 Å². The Bertz CT molecular complexity index is 431. The number of carbonyl (C=O) groups excluding carboxylic acids is 1. The summed E-state index contributed by atoms with van der Waals surface area (Å²) in [5, 5.41) is 0. The molecule has 1 amide bonds. The SMILES string of the molecule is CN1CCN(c2ccc(C(C)(C)C)cc2)CC1=O. The number of anilines is 1. The maximum absolute atomic E-state index is 11.7. The maximum Gasteiger partial charge on any atom is 0.241 e. The van der Waals surface area contributed by atoms with Crippen LogP contribution in [0.15, 0.2) is 24.3 Å². The van der Waals surface area contributed by atoms with Crippen molar-refractivity contribution < 1.29 is 4.79 Å². The van der Waals surface area contributed by atoms with Gasteiger partial charge in [0.1, 0.15) is 0 Å². The molecule has 18 heavy (non-hydrogen) atoms. The molecule has 0 unspecified atom stereocenters. The third-order valence-electron chi connectivity index (χ3n) is 3.56. The van der Waals surface area contributed by atoms with E-state index in [0.717, 1.165) is 18.8 Å². The second-order valence-electron chi connectivity index (χ2n) is 6.03. The molecule has 1 saturated heterocycles. The fourth-order valence-electron chi connectivity index (χ4n) is 2.15. The molecule has 0 N–H and O–H groups in total. The molecule has 0 bridgehead atoms. The van der Waals surface area contributed by atoms with E-state index in [1.165, 1.54) is 5.56 Å². The predicted molar refractivity (Wildman–Crippen MR) is 75.0 cm³/mol. The number of likely N-dealkylation sites (N-methyl/N-ethyl adjacent to an activating group) is 1. The molecule has 0 spiro atoms. The number of amides is 1. The number of nitrogens with zero attached hydrogens (tertiary/aromatic N) is 2. The first-order chi connectivity index (χ1) is 8.38. The van der Waals surface area contributed by atoms with Crippen molar-refractivity contribution in [2.24, 2.45) is 0 Å². The topological polar surface area (TPSA) is 23.6 Å². The van der Waals surface area contributed by atoms with Crippen LogP contribution < -0.4 is 4.90 Å². The van der Waals surface area contributed by atoms with Gasteiger partial charge in [-0.05, 0) is 23.1 Å². The minimum Gasteiger partial charge on any atom is -0.360 e. The highest BCUT2D eigenvalue weighted by Crippen LogP contribution is 2.25. The molecular weight excluding hydrogens is 224 g/mol. The van der Waals surface area contributed by atoms with Gasteiger partial charge in [0.2, 0.25) is 5.91 Å². The summed E-state index contributed by atoms with van der Waals surface area (Å²) in [6, 6.07) is 8.58. The first-order valence-electron chi connectivity index (χ1n) is 6.47. The highest BCUT2D eigenvalue weighted by atomic mass is 16.2. The summed E-state index contributed by atoms with van der Waals surface area (Å²) in [7, 11) is 1.86. The molecule has 0 radical (unpaired) electrons. The normalized spacial score (nSPS) is 17.2. The molecule has 1 aromatic rings. The van der Waals surface area contributed by atoms with Crippen molar-refractivity contribution >= 4 is 11.6 Å². The third-order valence-corrected chi connectivity index (χ3v) is 3.56. The minimum absolute atomic E-state index is 0.177. The van der Waals surface area contributed by atoms with Crippen molar-refractivity contribution in [2.75, 3.05) is 31.6 Å². The highest BCUT2D eigenvalue weighted by molar-refractivity contribution is 5.82. The van der Waals surface area contributed by atoms with Crippen molar-refractivity contribution in [3.05, 3.63) is 29.8 Å². The van der Waals surface area contributed by atoms with Crippen molar-refractivity contribution in [1.29, 1.82) is 0 Å². The van der Waals surface area contributed by atoms with Crippen LogP contribution in [0.5, 0.6) is 0 Å². The molecule has 0 aromatic heterocycles. The second kappa shape index (κ2) is 4.63. The Morgan fingerprint density at radius 2 is 1.67 bits per heavy atom. The van der Waals surface area contributed by atoms with E-state index >= 15 is 0 Å². The first kappa shape index (κ1) is 12.9. The summed E-state index contributed by atoms with van der Waals surface area (Å²) in [6.45, 7) is 8.84. The zero-order chi connectivity index (χ0) is 13.3. The smallest absolute Gasteiger partial charge is 0.241 e. The Morgan fingerprint density at radius 3 is 2.17 bits per heavy atom. The Labute approximate surface area is 109 Å². The van der Waals surface area contributed by atoms with Gasteiger partial charge >= 0.3 is 0 Å². The fraction of sp³-hybridized carbons (Fsp3) is 0.533. The lowest BCUT2D eigenvalue weighted by atomic mass is 9.87. The number of hydrogen-bond donors (Lipinski definition) is 0. The second-order valence-corrected chi connectivity index (χ2v) is 6.03. The molecule has 1 aliphatic rings. The zero-order valence-electron chi connectivity index (χ0n) is 11.7. The lowest BCUT2D eigenvalue weighted by molar-refractivity contribution is -0.129. The van der Waals surface area contributed by atoms with E-state index in [1.807, 2.05) is 7.05 Å². The van der Waals surface area contributed by atoms with Gasteiger partial charge < -0.3 is 9.80 Å². The van der Waals surface area contributed by atoms with Gasteiger partial charge in [-0.1, -0.05) is 32.9 Å². The molecule has 98 valence electrons. The van der Waals surface area contributed by atoms with E-state index < -0.39 is 0 Å². The van der Waals surface area contributed by atoms with Crippen LogP contribution in [0.2, 0.25) is 0 Å². The largest absolute Gasteiger partial charge is 0.360 e. The molecule has 1 aliphatic heterocycles. The number of rotatable bonds is 1. The minimum atomic E-state index is 0.177. The van der Waals surface area contributed by atoms with Crippen LogP contribution in [-0.2, 0) is 10.2 Å². The summed E-state index contributed by atoms with van der Waals surface area (Å²) in [6.07, 6.45) is 0. The molecule has 3 nitrogen and oxygen atoms in total. The van der Waals surface area contributed by atoms with Gasteiger partial charge in [-0.25, -0.2) is 0 Å². The average Bonchev–Trinajstić information content (AvgIpc) is 2.32. The van der Waals surface area contributed by atoms with Crippen molar-refractivity contribution in [3.63, 3.8) is 0 Å². The van der Waals surface area contributed by atoms with Crippen LogP contribution in [0.1, 0.15) is 26.3 Å². The van der Waals surface area contributed by atoms with Gasteiger partial charge in [0, 0.05) is 25.8 Å². The first-order valence-corrected chi connectivity index (χ1v) is 6.47. The molecule has 0 aliphatic carbocycles. The van der Waals surface area contributed by atoms with Crippen LogP contribution in [0.3, 0.4) is 0 Å². The Kier molecular flexibility index (Phi) is 3.33. The summed E-state index contributed by atoms with van der Waals surface area (Å²) in [5.41, 5.74) is 2.65. The summed E-state index contributed by atoms with van der Waals surface area (Å²) >= 11 is 0. The third kappa shape index (κ3) is 2.66. The van der Waals surface area contributed by atoms with Crippen LogP contribution in [0, 0.1) is 0 Å². The van der Waals surface area contributed by atoms with Gasteiger partial charge in [0.25, 0.3) is 0 Å². The Hall–Kier alpha value is -1.51. The predicted octanol–water partition coefficient (Wildman–Crippen LogP) is 2.26. The van der Waals surface area contributed by atoms with Crippen molar-refractivity contribution in [1.82, 2.24) is 4.90 Å². The van der Waals surface area contributed by atoms with E-state index in [0.29, 0.717) is 6.54 Å². The Balaban J connectivity index is 2.13. The van der Waals surface area contributed by atoms with E-state index in [4.69, 9.17) is 0 Å². The number of carbonyl (C=O) groups is 1. The van der Waals surface area contributed by atoms with Crippen LogP contribution >= 0.6 is 0 Å². The van der Waals surface area contributed by atoms with Gasteiger partial charge in [-0.2, -0.15) is 0 Å². The zero-order valence-corrected chi connectivity index (χ0v) is 11.7.